The second-order valence-corrected chi connectivity index (χ2v) is 11.7. The van der Waals surface area contributed by atoms with Crippen molar-refractivity contribution in [2.45, 2.75) is 31.3 Å². The largest absolute Gasteiger partial charge is 0.484 e. The molecule has 43 heavy (non-hydrogen) atoms. The predicted molar refractivity (Wildman–Crippen MR) is 169 cm³/mol. The van der Waals surface area contributed by atoms with Crippen molar-refractivity contribution < 1.29 is 29.3 Å². The zero-order valence-corrected chi connectivity index (χ0v) is 25.7. The molecular weight excluding hydrogens is 665 g/mol. The molecule has 3 aliphatic rings. The maximum absolute atomic E-state index is 13.9. The lowest BCUT2D eigenvalue weighted by molar-refractivity contribution is -0.134. The van der Waals surface area contributed by atoms with Crippen LogP contribution in [0, 0.1) is 0 Å². The quantitative estimate of drug-likeness (QED) is 0.230. The molecule has 1 saturated heterocycles. The summed E-state index contributed by atoms with van der Waals surface area (Å²) < 4.78 is 6.72. The van der Waals surface area contributed by atoms with E-state index in [0.717, 1.165) is 20.6 Å². The van der Waals surface area contributed by atoms with Gasteiger partial charge < -0.3 is 25.2 Å². The minimum absolute atomic E-state index is 0.0956. The Morgan fingerprint density at radius 2 is 1.77 bits per heavy atom. The number of allylic oxidation sites excluding steroid dienone is 4. The molecule has 12 heteroatoms. The first-order chi connectivity index (χ1) is 20.8. The highest BCUT2D eigenvalue weighted by Gasteiger charge is 2.47. The normalized spacial score (nSPS) is 19.1. The van der Waals surface area contributed by atoms with Crippen LogP contribution < -0.4 is 10.1 Å². The summed E-state index contributed by atoms with van der Waals surface area (Å²) in [6.45, 7) is 1.43. The number of amidine groups is 1. The number of fused-ring (bicyclic) bond motifs is 1. The van der Waals surface area contributed by atoms with E-state index in [4.69, 9.17) is 24.9 Å². The van der Waals surface area contributed by atoms with E-state index in [1.807, 2.05) is 49.4 Å². The van der Waals surface area contributed by atoms with Crippen LogP contribution in [0.15, 0.2) is 86.0 Å². The van der Waals surface area contributed by atoms with Gasteiger partial charge in [0.25, 0.3) is 11.8 Å². The van der Waals surface area contributed by atoms with Crippen molar-refractivity contribution >= 4 is 52.0 Å². The van der Waals surface area contributed by atoms with Crippen LogP contribution in [0.1, 0.15) is 36.4 Å². The Hall–Kier alpha value is -3.88. The smallest absolute Gasteiger partial charge is 0.325 e. The number of nitrogens with zero attached hydrogens (tertiary/aromatic N) is 4. The first kappa shape index (κ1) is 30.6. The number of amides is 4. The van der Waals surface area contributed by atoms with Crippen molar-refractivity contribution in [3.63, 3.8) is 0 Å². The highest BCUT2D eigenvalue weighted by molar-refractivity contribution is 14.1. The lowest BCUT2D eigenvalue weighted by Gasteiger charge is -2.30. The zero-order valence-electron chi connectivity index (χ0n) is 23.5. The van der Waals surface area contributed by atoms with Crippen LogP contribution in [-0.2, 0) is 9.59 Å². The van der Waals surface area contributed by atoms with Crippen LogP contribution in [0.3, 0.4) is 0 Å². The summed E-state index contributed by atoms with van der Waals surface area (Å²) in [7, 11) is 0. The van der Waals surface area contributed by atoms with Gasteiger partial charge in [0.2, 0.25) is 0 Å². The molecule has 0 unspecified atom stereocenters. The van der Waals surface area contributed by atoms with Gasteiger partial charge >= 0.3 is 6.03 Å². The molecular formula is C31H32IN5O6. The van der Waals surface area contributed by atoms with Gasteiger partial charge in [-0.2, -0.15) is 0 Å². The van der Waals surface area contributed by atoms with Gasteiger partial charge in [-0.1, -0.05) is 55.5 Å². The van der Waals surface area contributed by atoms with Crippen molar-refractivity contribution in [1.29, 1.82) is 0 Å². The Morgan fingerprint density at radius 1 is 1.07 bits per heavy atom. The summed E-state index contributed by atoms with van der Waals surface area (Å²) in [5.74, 6) is -0.255. The van der Waals surface area contributed by atoms with Crippen molar-refractivity contribution in [3.05, 3.63) is 87.2 Å². The molecule has 0 bridgehead atoms. The van der Waals surface area contributed by atoms with Gasteiger partial charge in [0.1, 0.15) is 17.8 Å². The second-order valence-electron chi connectivity index (χ2n) is 10.3. The van der Waals surface area contributed by atoms with Gasteiger partial charge in [-0.05, 0) is 55.5 Å². The van der Waals surface area contributed by atoms with Crippen molar-refractivity contribution in [2.24, 2.45) is 9.98 Å². The lowest BCUT2D eigenvalue weighted by Crippen LogP contribution is -2.47. The van der Waals surface area contributed by atoms with Gasteiger partial charge in [-0.15, -0.1) is 0 Å². The maximum atomic E-state index is 13.9. The highest BCUT2D eigenvalue weighted by Crippen LogP contribution is 2.35. The van der Waals surface area contributed by atoms with Gasteiger partial charge in [-0.3, -0.25) is 14.5 Å². The molecule has 1 aliphatic carbocycles. The number of aliphatic imine (C=N–C) groups is 2. The molecule has 11 nitrogen and oxygen atoms in total. The molecule has 0 radical (unpaired) electrons. The standard InChI is InChI=1S/C31H32IN5O6/c1-19(20-5-3-2-4-6-20)28(29-33-24-12-9-22(32)17-25(24)34-29)37-30(41)27(35-31(37)42)21-7-10-23(11-8-21)43-18-26(40)36(13-15-38)14-16-39/h2-12,19,27-28,38-39H,13-18H2,1H3,(H,35,42)/t19-,27+,28-/m0/s1. The fraction of sp³-hybridized carbons (Fsp3) is 0.323. The topological polar surface area (TPSA) is 144 Å². The molecule has 224 valence electrons. The monoisotopic (exact) mass is 697 g/mol. The first-order valence-electron chi connectivity index (χ1n) is 13.9. The molecule has 5 rings (SSSR count). The molecule has 2 aromatic carbocycles. The van der Waals surface area contributed by atoms with Gasteiger partial charge in [0.05, 0.1) is 24.6 Å². The summed E-state index contributed by atoms with van der Waals surface area (Å²) in [5, 5.41) is 21.1. The Balaban J connectivity index is 1.35. The molecule has 0 saturated carbocycles. The fourth-order valence-corrected chi connectivity index (χ4v) is 5.81. The number of carbonyl (C=O) groups excluding carboxylic acids is 3. The number of ether oxygens (including phenoxy) is 1. The third-order valence-electron chi connectivity index (χ3n) is 7.52. The van der Waals surface area contributed by atoms with Gasteiger partial charge in [-0.25, -0.2) is 14.8 Å². The number of aliphatic hydroxyl groups is 2. The minimum atomic E-state index is -0.919. The van der Waals surface area contributed by atoms with Crippen molar-refractivity contribution in [2.75, 3.05) is 32.9 Å². The number of rotatable bonds is 12. The summed E-state index contributed by atoms with van der Waals surface area (Å²) in [6, 6.07) is 14.1. The van der Waals surface area contributed by atoms with Crippen LogP contribution in [0.2, 0.25) is 0 Å². The van der Waals surface area contributed by atoms with E-state index in [0.29, 0.717) is 23.6 Å². The number of aliphatic hydroxyl groups excluding tert-OH is 2. The summed E-state index contributed by atoms with van der Waals surface area (Å²) in [4.78, 5) is 51.8. The number of hydrogen-bond acceptors (Lipinski definition) is 8. The number of carbonyl (C=O) groups is 3. The van der Waals surface area contributed by atoms with Crippen molar-refractivity contribution in [1.82, 2.24) is 15.1 Å². The number of imide groups is 1. The summed E-state index contributed by atoms with van der Waals surface area (Å²) >= 11 is 2.26. The number of halogens is 1. The van der Waals surface area contributed by atoms with Crippen LogP contribution in [-0.4, -0.2) is 88.4 Å². The Bertz CT molecular complexity index is 1500. The summed E-state index contributed by atoms with van der Waals surface area (Å²) in [6.07, 6.45) is 4.55. The molecule has 2 heterocycles. The van der Waals surface area contributed by atoms with Gasteiger partial charge in [0.15, 0.2) is 12.4 Å². The molecule has 3 N–H and O–H groups in total. The molecule has 2 aliphatic heterocycles. The zero-order chi connectivity index (χ0) is 30.5. The molecule has 1 fully saturated rings. The number of urea groups is 1. The third kappa shape index (κ3) is 6.71. The summed E-state index contributed by atoms with van der Waals surface area (Å²) in [5.41, 5.74) is 3.07. The predicted octanol–water partition coefficient (Wildman–Crippen LogP) is 3.10. The molecule has 2 aromatic rings. The molecule has 4 amide bonds. The van der Waals surface area contributed by atoms with Crippen molar-refractivity contribution in [3.8, 4) is 5.75 Å². The van der Waals surface area contributed by atoms with E-state index in [1.165, 1.54) is 9.80 Å². The Morgan fingerprint density at radius 3 is 2.44 bits per heavy atom. The van der Waals surface area contributed by atoms with Gasteiger partial charge in [0, 0.05) is 25.4 Å². The molecule has 0 aromatic heterocycles. The van der Waals surface area contributed by atoms with Crippen LogP contribution in [0.5, 0.6) is 5.75 Å². The number of hydrogen-bond donors (Lipinski definition) is 3. The fourth-order valence-electron chi connectivity index (χ4n) is 5.27. The van der Waals surface area contributed by atoms with E-state index in [9.17, 15) is 14.4 Å². The van der Waals surface area contributed by atoms with E-state index in [1.54, 1.807) is 24.3 Å². The molecule has 3 atom stereocenters. The minimum Gasteiger partial charge on any atom is -0.484 e. The Kier molecular flexibility index (Phi) is 9.68. The van der Waals surface area contributed by atoms with E-state index < -0.39 is 24.0 Å². The maximum Gasteiger partial charge on any atom is 0.325 e. The average Bonchev–Trinajstić information content (AvgIpc) is 3.56. The highest BCUT2D eigenvalue weighted by atomic mass is 127. The van der Waals surface area contributed by atoms with Crippen LogP contribution in [0.4, 0.5) is 4.79 Å². The SMILES string of the molecule is C[C@@H](c1ccccc1)[C@@H](C1=NC2=CC=C(I)CC2=N1)N1C(=O)N[C@H](c2ccc(OCC(=O)N(CCO)CCO)cc2)C1=O. The average molecular weight is 698 g/mol. The van der Waals surface area contributed by atoms with Crippen LogP contribution in [0.25, 0.3) is 0 Å². The number of benzene rings is 2. The third-order valence-corrected chi connectivity index (χ3v) is 8.26. The Labute approximate surface area is 262 Å². The second kappa shape index (κ2) is 13.6. The lowest BCUT2D eigenvalue weighted by atomic mass is 9.91. The molecule has 0 spiro atoms. The van der Waals surface area contributed by atoms with E-state index in [-0.39, 0.29) is 44.7 Å². The van der Waals surface area contributed by atoms with E-state index >= 15 is 0 Å². The first-order valence-corrected chi connectivity index (χ1v) is 15.0. The van der Waals surface area contributed by atoms with Crippen LogP contribution >= 0.6 is 22.6 Å². The van der Waals surface area contributed by atoms with E-state index in [2.05, 4.69) is 27.9 Å². The number of nitrogens with one attached hydrogen (secondary N) is 1.